The topological polar surface area (TPSA) is 76.2 Å². The summed E-state index contributed by atoms with van der Waals surface area (Å²) >= 11 is 6.19. The fourth-order valence-electron chi connectivity index (χ4n) is 3.06. The van der Waals surface area contributed by atoms with E-state index < -0.39 is 0 Å². The van der Waals surface area contributed by atoms with Crippen molar-refractivity contribution in [3.63, 3.8) is 0 Å². The van der Waals surface area contributed by atoms with Crippen LogP contribution < -0.4 is 14.8 Å². The number of benzene rings is 2. The van der Waals surface area contributed by atoms with Gasteiger partial charge < -0.3 is 19.8 Å². The minimum absolute atomic E-state index is 0.151. The van der Waals surface area contributed by atoms with Crippen LogP contribution in [0.25, 0.3) is 11.0 Å². The predicted octanol–water partition coefficient (Wildman–Crippen LogP) is 5.21. The third-order valence-electron chi connectivity index (χ3n) is 4.53. The first-order valence-electron chi connectivity index (χ1n) is 8.86. The molecule has 4 aromatic rings. The van der Waals surface area contributed by atoms with E-state index in [2.05, 4.69) is 15.3 Å². The number of hydrogen-bond donors (Lipinski definition) is 2. The van der Waals surface area contributed by atoms with Crippen LogP contribution in [0.5, 0.6) is 11.5 Å². The van der Waals surface area contributed by atoms with E-state index in [1.54, 1.807) is 44.7 Å². The summed E-state index contributed by atoms with van der Waals surface area (Å²) in [7, 11) is 3.10. The van der Waals surface area contributed by atoms with E-state index in [1.165, 1.54) is 0 Å². The molecule has 29 heavy (non-hydrogen) atoms. The number of carbonyl (C=O) groups is 1. The van der Waals surface area contributed by atoms with E-state index >= 15 is 0 Å². The van der Waals surface area contributed by atoms with E-state index in [1.807, 2.05) is 30.3 Å². The van der Waals surface area contributed by atoms with Gasteiger partial charge in [-0.1, -0.05) is 23.7 Å². The van der Waals surface area contributed by atoms with Crippen molar-refractivity contribution in [2.45, 2.75) is 0 Å². The lowest BCUT2D eigenvalue weighted by molar-refractivity contribution is 0.103. The Morgan fingerprint density at radius 2 is 1.76 bits per heavy atom. The highest BCUT2D eigenvalue weighted by Crippen LogP contribution is 2.28. The molecule has 0 amide bonds. The van der Waals surface area contributed by atoms with Gasteiger partial charge in [0.2, 0.25) is 0 Å². The summed E-state index contributed by atoms with van der Waals surface area (Å²) in [5.74, 6) is 1.57. The Hall–Kier alpha value is -3.51. The molecule has 0 aliphatic carbocycles. The van der Waals surface area contributed by atoms with Crippen molar-refractivity contribution in [3.8, 4) is 11.5 Å². The van der Waals surface area contributed by atoms with Crippen molar-refractivity contribution < 1.29 is 14.3 Å². The van der Waals surface area contributed by atoms with Gasteiger partial charge in [0.1, 0.15) is 23.0 Å². The molecule has 0 unspecified atom stereocenters. The van der Waals surface area contributed by atoms with Gasteiger partial charge in [-0.2, -0.15) is 0 Å². The first-order chi connectivity index (χ1) is 14.1. The molecule has 0 saturated heterocycles. The molecule has 0 bridgehead atoms. The molecule has 0 aliphatic heterocycles. The van der Waals surface area contributed by atoms with E-state index in [-0.39, 0.29) is 5.78 Å². The van der Waals surface area contributed by atoms with Crippen LogP contribution in [0.15, 0.2) is 60.8 Å². The Morgan fingerprint density at radius 3 is 2.45 bits per heavy atom. The molecule has 2 heterocycles. The van der Waals surface area contributed by atoms with Crippen LogP contribution >= 0.6 is 11.6 Å². The molecule has 0 radical (unpaired) electrons. The number of halogens is 1. The number of pyridine rings is 1. The van der Waals surface area contributed by atoms with Gasteiger partial charge in [0, 0.05) is 28.8 Å². The first-order valence-corrected chi connectivity index (χ1v) is 9.24. The van der Waals surface area contributed by atoms with Crippen molar-refractivity contribution in [3.05, 3.63) is 76.9 Å². The number of H-pyrrole nitrogens is 1. The maximum absolute atomic E-state index is 13.1. The average Bonchev–Trinajstić information content (AvgIpc) is 3.17. The first kappa shape index (κ1) is 18.8. The Labute approximate surface area is 172 Å². The zero-order chi connectivity index (χ0) is 20.4. The Bertz CT molecular complexity index is 1180. The third-order valence-corrected chi connectivity index (χ3v) is 4.86. The van der Waals surface area contributed by atoms with Gasteiger partial charge in [0.05, 0.1) is 24.9 Å². The largest absolute Gasteiger partial charge is 0.497 e. The number of nitrogens with zero attached hydrogens (tertiary/aromatic N) is 1. The van der Waals surface area contributed by atoms with Crippen LogP contribution in [0, 0.1) is 0 Å². The average molecular weight is 408 g/mol. The Morgan fingerprint density at radius 1 is 1.03 bits per heavy atom. The van der Waals surface area contributed by atoms with Crippen LogP contribution in [0.1, 0.15) is 15.9 Å². The van der Waals surface area contributed by atoms with Crippen LogP contribution in [0.4, 0.5) is 11.5 Å². The number of rotatable bonds is 6. The second-order valence-corrected chi connectivity index (χ2v) is 6.74. The molecule has 2 N–H and O–H groups in total. The third kappa shape index (κ3) is 3.75. The molecule has 7 heteroatoms. The van der Waals surface area contributed by atoms with Gasteiger partial charge in [-0.05, 0) is 36.4 Å². The minimum atomic E-state index is -0.151. The van der Waals surface area contributed by atoms with Crippen molar-refractivity contribution in [1.82, 2.24) is 9.97 Å². The number of aromatic amines is 1. The van der Waals surface area contributed by atoms with Gasteiger partial charge in [-0.3, -0.25) is 4.79 Å². The smallest absolute Gasteiger partial charge is 0.195 e. The molecule has 0 fully saturated rings. The summed E-state index contributed by atoms with van der Waals surface area (Å²) in [5.41, 5.74) is 2.35. The number of ketones is 1. The van der Waals surface area contributed by atoms with E-state index in [0.29, 0.717) is 39.1 Å². The molecule has 6 nitrogen and oxygen atoms in total. The lowest BCUT2D eigenvalue weighted by Crippen LogP contribution is -2.02. The number of anilines is 2. The normalized spacial score (nSPS) is 10.7. The molecular formula is C22H18ClN3O3. The summed E-state index contributed by atoms with van der Waals surface area (Å²) in [5, 5.41) is 4.51. The van der Waals surface area contributed by atoms with Crippen molar-refractivity contribution in [1.29, 1.82) is 0 Å². The molecular weight excluding hydrogens is 390 g/mol. The maximum atomic E-state index is 13.1. The van der Waals surface area contributed by atoms with Gasteiger partial charge in [0.25, 0.3) is 0 Å². The van der Waals surface area contributed by atoms with Crippen LogP contribution in [0.2, 0.25) is 5.02 Å². The van der Waals surface area contributed by atoms with Gasteiger partial charge in [0.15, 0.2) is 5.78 Å². The highest BCUT2D eigenvalue weighted by atomic mass is 35.5. The quantitative estimate of drug-likeness (QED) is 0.429. The molecule has 2 aromatic heterocycles. The monoisotopic (exact) mass is 407 g/mol. The molecule has 2 aromatic carbocycles. The van der Waals surface area contributed by atoms with Crippen LogP contribution in [-0.2, 0) is 0 Å². The zero-order valence-electron chi connectivity index (χ0n) is 15.8. The number of aromatic nitrogens is 2. The van der Waals surface area contributed by atoms with Crippen molar-refractivity contribution >= 4 is 39.9 Å². The fraction of sp³-hybridized carbons (Fsp3) is 0.0909. The molecule has 0 saturated carbocycles. The molecule has 146 valence electrons. The fourth-order valence-corrected chi connectivity index (χ4v) is 3.24. The number of nitrogens with one attached hydrogen (secondary N) is 2. The minimum Gasteiger partial charge on any atom is -0.497 e. The number of para-hydroxylation sites is 1. The predicted molar refractivity (Wildman–Crippen MR) is 114 cm³/mol. The van der Waals surface area contributed by atoms with Crippen LogP contribution in [0.3, 0.4) is 0 Å². The summed E-state index contributed by atoms with van der Waals surface area (Å²) < 4.78 is 10.5. The van der Waals surface area contributed by atoms with E-state index in [0.717, 1.165) is 11.1 Å². The lowest BCUT2D eigenvalue weighted by Gasteiger charge is -2.08. The van der Waals surface area contributed by atoms with Crippen LogP contribution in [-0.4, -0.2) is 30.0 Å². The summed E-state index contributed by atoms with van der Waals surface area (Å²) in [6, 6.07) is 16.2. The number of ether oxygens (including phenoxy) is 2. The summed E-state index contributed by atoms with van der Waals surface area (Å²) in [6.07, 6.45) is 1.66. The molecule has 0 aliphatic rings. The molecule has 0 atom stereocenters. The standard InChI is InChI=1S/C22H18ClN3O3/c1-28-14-9-13(10-15(11-14)29-2)21(27)17-12-24-22-16(17)7-8-20(26-22)25-19-6-4-3-5-18(19)23/h3-12H,1-2H3,(H2,24,25,26). The maximum Gasteiger partial charge on any atom is 0.195 e. The second-order valence-electron chi connectivity index (χ2n) is 6.33. The Balaban J connectivity index is 1.67. The highest BCUT2D eigenvalue weighted by molar-refractivity contribution is 6.33. The highest BCUT2D eigenvalue weighted by Gasteiger charge is 2.17. The number of fused-ring (bicyclic) bond motifs is 1. The number of methoxy groups -OCH3 is 2. The molecule has 0 spiro atoms. The van der Waals surface area contributed by atoms with Gasteiger partial charge in [-0.25, -0.2) is 4.98 Å². The zero-order valence-corrected chi connectivity index (χ0v) is 16.6. The summed E-state index contributed by atoms with van der Waals surface area (Å²) in [6.45, 7) is 0. The van der Waals surface area contributed by atoms with Gasteiger partial charge >= 0.3 is 0 Å². The number of carbonyl (C=O) groups excluding carboxylic acids is 1. The van der Waals surface area contributed by atoms with Crippen molar-refractivity contribution in [2.24, 2.45) is 0 Å². The Kier molecular flexibility index (Phi) is 5.10. The van der Waals surface area contributed by atoms with Crippen molar-refractivity contribution in [2.75, 3.05) is 19.5 Å². The SMILES string of the molecule is COc1cc(OC)cc(C(=O)c2c[nH]c3nc(Nc4ccccc4Cl)ccc23)c1. The number of hydrogen-bond acceptors (Lipinski definition) is 5. The summed E-state index contributed by atoms with van der Waals surface area (Å²) in [4.78, 5) is 20.7. The van der Waals surface area contributed by atoms with Gasteiger partial charge in [-0.15, -0.1) is 0 Å². The molecule has 4 rings (SSSR count). The second kappa shape index (κ2) is 7.85. The van der Waals surface area contributed by atoms with E-state index in [9.17, 15) is 4.79 Å². The van der Waals surface area contributed by atoms with E-state index in [4.69, 9.17) is 21.1 Å². The lowest BCUT2D eigenvalue weighted by atomic mass is 10.0.